The van der Waals surface area contributed by atoms with Crippen LogP contribution in [0.15, 0.2) is 71.6 Å². The van der Waals surface area contributed by atoms with Gasteiger partial charge in [0.2, 0.25) is 5.91 Å². The summed E-state index contributed by atoms with van der Waals surface area (Å²) in [6.45, 7) is 0.426. The van der Waals surface area contributed by atoms with Crippen LogP contribution in [0, 0.1) is 10.1 Å². The summed E-state index contributed by atoms with van der Waals surface area (Å²) < 4.78 is 39.9. The van der Waals surface area contributed by atoms with Crippen LogP contribution in [0.1, 0.15) is 43.6 Å². The normalized spacial score (nSPS) is 17.8. The number of nitro groups is 1. The van der Waals surface area contributed by atoms with E-state index in [4.69, 9.17) is 9.47 Å². The Balaban J connectivity index is 1.33. The predicted octanol–water partition coefficient (Wildman–Crippen LogP) is 5.25. The molecule has 11 heteroatoms. The molecule has 1 N–H and O–H groups in total. The van der Waals surface area contributed by atoms with E-state index < -0.39 is 14.9 Å². The molecule has 0 bridgehead atoms. The van der Waals surface area contributed by atoms with Gasteiger partial charge in [0.15, 0.2) is 11.5 Å². The van der Waals surface area contributed by atoms with Crippen LogP contribution in [0.4, 0.5) is 17.1 Å². The smallest absolute Gasteiger partial charge is 0.270 e. The molecule has 1 atom stereocenters. The van der Waals surface area contributed by atoms with Gasteiger partial charge >= 0.3 is 0 Å². The third kappa shape index (κ3) is 5.83. The van der Waals surface area contributed by atoms with Crippen molar-refractivity contribution in [2.75, 3.05) is 23.3 Å². The molecule has 204 valence electrons. The number of carbonyl (C=O) groups excluding carboxylic acids is 1. The minimum Gasteiger partial charge on any atom is -0.493 e. The molecule has 2 fully saturated rings. The van der Waals surface area contributed by atoms with Crippen molar-refractivity contribution in [3.63, 3.8) is 0 Å². The van der Waals surface area contributed by atoms with E-state index in [-0.39, 0.29) is 34.2 Å². The SMILES string of the molecule is COc1ccc(C2CC(=O)N(c3cccc(NS(=O)(=O)c4cccc([N+](=O)[O-])c4)c3)C2)cc1OC1CCCC1. The highest BCUT2D eigenvalue weighted by Crippen LogP contribution is 2.38. The Morgan fingerprint density at radius 2 is 1.77 bits per heavy atom. The van der Waals surface area contributed by atoms with Crippen LogP contribution < -0.4 is 19.1 Å². The molecule has 1 heterocycles. The van der Waals surface area contributed by atoms with E-state index in [9.17, 15) is 23.3 Å². The number of methoxy groups -OCH3 is 1. The van der Waals surface area contributed by atoms with E-state index in [1.165, 1.54) is 18.2 Å². The molecule has 1 aliphatic carbocycles. The monoisotopic (exact) mass is 551 g/mol. The molecule has 1 amide bonds. The Labute approximate surface area is 226 Å². The first-order chi connectivity index (χ1) is 18.7. The average Bonchev–Trinajstić information content (AvgIpc) is 3.58. The van der Waals surface area contributed by atoms with Gasteiger partial charge in [-0.15, -0.1) is 0 Å². The molecule has 1 saturated carbocycles. The molecule has 1 unspecified atom stereocenters. The first-order valence-electron chi connectivity index (χ1n) is 12.8. The lowest BCUT2D eigenvalue weighted by Gasteiger charge is -2.20. The van der Waals surface area contributed by atoms with Gasteiger partial charge in [0.05, 0.1) is 28.7 Å². The number of anilines is 2. The maximum Gasteiger partial charge on any atom is 0.270 e. The number of nitrogens with zero attached hydrogens (tertiary/aromatic N) is 2. The largest absolute Gasteiger partial charge is 0.493 e. The van der Waals surface area contributed by atoms with Gasteiger partial charge in [-0.05, 0) is 67.6 Å². The number of ether oxygens (including phenoxy) is 2. The van der Waals surface area contributed by atoms with Gasteiger partial charge < -0.3 is 14.4 Å². The van der Waals surface area contributed by atoms with Crippen molar-refractivity contribution in [2.45, 2.75) is 49.0 Å². The van der Waals surface area contributed by atoms with Gasteiger partial charge in [0.25, 0.3) is 15.7 Å². The third-order valence-corrected chi connectivity index (χ3v) is 8.51. The number of hydrogen-bond acceptors (Lipinski definition) is 7. The molecule has 39 heavy (non-hydrogen) atoms. The molecule has 1 aliphatic heterocycles. The number of hydrogen-bond donors (Lipinski definition) is 1. The van der Waals surface area contributed by atoms with Crippen molar-refractivity contribution in [3.05, 3.63) is 82.4 Å². The summed E-state index contributed by atoms with van der Waals surface area (Å²) in [4.78, 5) is 24.8. The maximum absolute atomic E-state index is 13.0. The molecule has 10 nitrogen and oxygen atoms in total. The Kier molecular flexibility index (Phi) is 7.42. The summed E-state index contributed by atoms with van der Waals surface area (Å²) in [6, 6.07) is 17.1. The lowest BCUT2D eigenvalue weighted by molar-refractivity contribution is -0.385. The molecule has 5 rings (SSSR count). The van der Waals surface area contributed by atoms with Crippen LogP contribution >= 0.6 is 0 Å². The van der Waals surface area contributed by atoms with Crippen molar-refractivity contribution < 1.29 is 27.6 Å². The topological polar surface area (TPSA) is 128 Å². The van der Waals surface area contributed by atoms with Crippen LogP contribution in [0.2, 0.25) is 0 Å². The number of rotatable bonds is 9. The van der Waals surface area contributed by atoms with E-state index >= 15 is 0 Å². The fourth-order valence-electron chi connectivity index (χ4n) is 5.12. The van der Waals surface area contributed by atoms with Crippen molar-refractivity contribution in [3.8, 4) is 11.5 Å². The predicted molar refractivity (Wildman–Crippen MR) is 146 cm³/mol. The van der Waals surface area contributed by atoms with E-state index in [1.54, 1.807) is 36.3 Å². The van der Waals surface area contributed by atoms with Crippen LogP contribution in [-0.2, 0) is 14.8 Å². The Hall–Kier alpha value is -4.12. The number of sulfonamides is 1. The fraction of sp³-hybridized carbons (Fsp3) is 0.321. The zero-order chi connectivity index (χ0) is 27.6. The minimum absolute atomic E-state index is 0.0699. The number of non-ortho nitro benzene ring substituents is 1. The lowest BCUT2D eigenvalue weighted by Crippen LogP contribution is -2.24. The van der Waals surface area contributed by atoms with Crippen molar-refractivity contribution in [1.29, 1.82) is 0 Å². The molecule has 3 aromatic rings. The summed E-state index contributed by atoms with van der Waals surface area (Å²) in [5.74, 6) is 1.20. The molecule has 0 spiro atoms. The first kappa shape index (κ1) is 26.5. The number of nitro benzene ring substituents is 1. The minimum atomic E-state index is -4.08. The number of benzene rings is 3. The van der Waals surface area contributed by atoms with Gasteiger partial charge in [-0.25, -0.2) is 8.42 Å². The van der Waals surface area contributed by atoms with E-state index in [2.05, 4.69) is 4.72 Å². The molecule has 1 saturated heterocycles. The zero-order valence-corrected chi connectivity index (χ0v) is 22.2. The van der Waals surface area contributed by atoms with Crippen LogP contribution in [0.5, 0.6) is 11.5 Å². The Morgan fingerprint density at radius 1 is 1.00 bits per heavy atom. The summed E-state index contributed by atoms with van der Waals surface area (Å²) in [5.41, 5.74) is 1.45. The zero-order valence-electron chi connectivity index (χ0n) is 21.4. The van der Waals surface area contributed by atoms with Crippen molar-refractivity contribution >= 4 is 33.0 Å². The van der Waals surface area contributed by atoms with Crippen LogP contribution in [0.3, 0.4) is 0 Å². The highest BCUT2D eigenvalue weighted by atomic mass is 32.2. The van der Waals surface area contributed by atoms with E-state index in [0.717, 1.165) is 37.3 Å². The number of amides is 1. The summed E-state index contributed by atoms with van der Waals surface area (Å²) >= 11 is 0. The van der Waals surface area contributed by atoms with Gasteiger partial charge in [-0.1, -0.05) is 18.2 Å². The molecule has 0 aromatic heterocycles. The fourth-order valence-corrected chi connectivity index (χ4v) is 6.21. The van der Waals surface area contributed by atoms with Crippen molar-refractivity contribution in [1.82, 2.24) is 0 Å². The molecule has 3 aromatic carbocycles. The molecular formula is C28H29N3O7S. The second kappa shape index (κ2) is 10.9. The van der Waals surface area contributed by atoms with E-state index in [1.807, 2.05) is 18.2 Å². The summed E-state index contributed by atoms with van der Waals surface area (Å²) in [5, 5.41) is 11.1. The Bertz CT molecular complexity index is 1500. The number of carbonyl (C=O) groups is 1. The van der Waals surface area contributed by atoms with E-state index in [0.29, 0.717) is 30.2 Å². The van der Waals surface area contributed by atoms with Gasteiger partial charge in [0, 0.05) is 36.7 Å². The average molecular weight is 552 g/mol. The van der Waals surface area contributed by atoms with Crippen LogP contribution in [0.25, 0.3) is 0 Å². The maximum atomic E-state index is 13.0. The second-order valence-corrected chi connectivity index (χ2v) is 11.4. The van der Waals surface area contributed by atoms with Gasteiger partial charge in [-0.3, -0.25) is 19.6 Å². The van der Waals surface area contributed by atoms with Gasteiger partial charge in [0.1, 0.15) is 0 Å². The second-order valence-electron chi connectivity index (χ2n) is 9.75. The number of nitrogens with one attached hydrogen (secondary N) is 1. The first-order valence-corrected chi connectivity index (χ1v) is 14.2. The lowest BCUT2D eigenvalue weighted by atomic mass is 9.98. The molecular weight excluding hydrogens is 522 g/mol. The summed E-state index contributed by atoms with van der Waals surface area (Å²) in [7, 11) is -2.47. The van der Waals surface area contributed by atoms with Crippen molar-refractivity contribution in [2.24, 2.45) is 0 Å². The summed E-state index contributed by atoms with van der Waals surface area (Å²) in [6.07, 6.45) is 4.82. The highest BCUT2D eigenvalue weighted by Gasteiger charge is 2.33. The molecule has 2 aliphatic rings. The Morgan fingerprint density at radius 3 is 2.51 bits per heavy atom. The quantitative estimate of drug-likeness (QED) is 0.284. The third-order valence-electron chi connectivity index (χ3n) is 7.13. The van der Waals surface area contributed by atoms with Gasteiger partial charge in [-0.2, -0.15) is 0 Å². The highest BCUT2D eigenvalue weighted by molar-refractivity contribution is 7.92. The van der Waals surface area contributed by atoms with Crippen LogP contribution in [-0.4, -0.2) is 39.0 Å². The standard InChI is InChI=1S/C28H29N3O7S/c1-37-26-13-12-19(14-27(26)38-24-9-2-3-10-24)20-15-28(32)30(18-20)22-7-4-6-21(16-22)29-39(35,36)25-11-5-8-23(17-25)31(33)34/h4-8,11-14,16-17,20,24,29H,2-3,9-10,15,18H2,1H3. The molecule has 0 radical (unpaired) electrons.